The number of nitrogens with two attached hydrogens (primary N) is 1. The number of nitrogen functional groups attached to an aromatic ring is 1. The normalized spacial score (nSPS) is 23.3. The van der Waals surface area contributed by atoms with E-state index in [0.717, 1.165) is 0 Å². The van der Waals surface area contributed by atoms with Gasteiger partial charge in [-0.1, -0.05) is 0 Å². The van der Waals surface area contributed by atoms with Crippen molar-refractivity contribution in [2.45, 2.75) is 17.5 Å². The van der Waals surface area contributed by atoms with Crippen LogP contribution in [0.5, 0.6) is 0 Å². The lowest BCUT2D eigenvalue weighted by Gasteiger charge is -2.12. The molecule has 0 saturated carbocycles. The number of aromatic nitrogens is 2. The summed E-state index contributed by atoms with van der Waals surface area (Å²) in [6.45, 7) is 0. The lowest BCUT2D eigenvalue weighted by molar-refractivity contribution is 0.554. The highest BCUT2D eigenvalue weighted by molar-refractivity contribution is 7.92. The molecule has 1 aromatic heterocycles. The fourth-order valence-corrected chi connectivity index (χ4v) is 5.21. The number of hydrogen-bond acceptors (Lipinski definition) is 6. The van der Waals surface area contributed by atoms with E-state index in [1.165, 1.54) is 17.9 Å². The van der Waals surface area contributed by atoms with Crippen molar-refractivity contribution in [2.75, 3.05) is 17.2 Å². The molecular weight excluding hydrogens is 280 g/mol. The third kappa shape index (κ3) is 2.49. The van der Waals surface area contributed by atoms with Crippen molar-refractivity contribution < 1.29 is 16.8 Å². The van der Waals surface area contributed by atoms with Crippen molar-refractivity contribution in [1.29, 1.82) is 0 Å². The van der Waals surface area contributed by atoms with Crippen LogP contribution in [0, 0.1) is 0 Å². The Kier molecular flexibility index (Phi) is 3.11. The fourth-order valence-electron chi connectivity index (χ4n) is 1.93. The summed E-state index contributed by atoms with van der Waals surface area (Å²) in [5.41, 5.74) is 5.49. The maximum Gasteiger partial charge on any atom is 0.260 e. The van der Waals surface area contributed by atoms with Crippen molar-refractivity contribution in [1.82, 2.24) is 14.3 Å². The van der Waals surface area contributed by atoms with Gasteiger partial charge in [-0.3, -0.25) is 0 Å². The molecule has 0 aromatic carbocycles. The minimum absolute atomic E-state index is 0.00105. The number of imidazole rings is 1. The van der Waals surface area contributed by atoms with Gasteiger partial charge in [-0.15, -0.1) is 0 Å². The second kappa shape index (κ2) is 4.21. The molecule has 0 spiro atoms. The molecule has 1 aromatic rings. The Bertz CT molecular complexity index is 642. The highest BCUT2D eigenvalue weighted by Gasteiger charge is 2.33. The first-order chi connectivity index (χ1) is 8.21. The molecule has 1 unspecified atom stereocenters. The Hall–Kier alpha value is -1.13. The van der Waals surface area contributed by atoms with E-state index in [-0.39, 0.29) is 28.8 Å². The van der Waals surface area contributed by atoms with Gasteiger partial charge in [0.2, 0.25) is 0 Å². The average Bonchev–Trinajstić information content (AvgIpc) is 2.69. The molecule has 2 heterocycles. The van der Waals surface area contributed by atoms with Crippen molar-refractivity contribution in [2.24, 2.45) is 7.05 Å². The van der Waals surface area contributed by atoms with Gasteiger partial charge < -0.3 is 10.3 Å². The molecule has 8 nitrogen and oxygen atoms in total. The second-order valence-electron chi connectivity index (χ2n) is 4.27. The summed E-state index contributed by atoms with van der Waals surface area (Å²) in [6, 6.07) is -0.603. The standard InChI is InChI=1S/C8H14N4O4S2/c1-12-5-10-7(9)8(12)18(15,16)11-6-2-3-17(13,14)4-6/h5-6,11H,2-4,9H2,1H3. The average molecular weight is 294 g/mol. The van der Waals surface area contributed by atoms with Crippen LogP contribution in [0.4, 0.5) is 5.82 Å². The largest absolute Gasteiger partial charge is 0.381 e. The summed E-state index contributed by atoms with van der Waals surface area (Å²) >= 11 is 0. The molecule has 0 aliphatic carbocycles. The van der Waals surface area contributed by atoms with Gasteiger partial charge in [0.25, 0.3) is 10.0 Å². The molecular formula is C8H14N4O4S2. The molecule has 10 heteroatoms. The smallest absolute Gasteiger partial charge is 0.260 e. The monoisotopic (exact) mass is 294 g/mol. The zero-order valence-corrected chi connectivity index (χ0v) is 11.3. The van der Waals surface area contributed by atoms with Crippen LogP contribution in [0.2, 0.25) is 0 Å². The predicted octanol–water partition coefficient (Wildman–Crippen LogP) is -1.53. The Morgan fingerprint density at radius 2 is 2.22 bits per heavy atom. The summed E-state index contributed by atoms with van der Waals surface area (Å²) in [6.07, 6.45) is 1.56. The van der Waals surface area contributed by atoms with E-state index in [1.807, 2.05) is 0 Å². The van der Waals surface area contributed by atoms with Gasteiger partial charge in [0, 0.05) is 13.1 Å². The van der Waals surface area contributed by atoms with Gasteiger partial charge in [0.05, 0.1) is 17.8 Å². The van der Waals surface area contributed by atoms with Gasteiger partial charge in [-0.2, -0.15) is 0 Å². The minimum Gasteiger partial charge on any atom is -0.381 e. The number of anilines is 1. The maximum atomic E-state index is 12.1. The first-order valence-corrected chi connectivity index (χ1v) is 8.51. The molecule has 1 aliphatic heterocycles. The zero-order chi connectivity index (χ0) is 13.6. The fraction of sp³-hybridized carbons (Fsp3) is 0.625. The van der Waals surface area contributed by atoms with Crippen molar-refractivity contribution in [3.63, 3.8) is 0 Å². The van der Waals surface area contributed by atoms with Crippen LogP contribution in [0.15, 0.2) is 11.4 Å². The van der Waals surface area contributed by atoms with Gasteiger partial charge in [0.1, 0.15) is 0 Å². The number of nitrogens with one attached hydrogen (secondary N) is 1. The number of sulfonamides is 1. The van der Waals surface area contributed by atoms with E-state index in [0.29, 0.717) is 0 Å². The third-order valence-electron chi connectivity index (χ3n) is 2.72. The van der Waals surface area contributed by atoms with Crippen LogP contribution in [-0.2, 0) is 26.9 Å². The summed E-state index contributed by atoms with van der Waals surface area (Å²) in [7, 11) is -5.49. The third-order valence-corrected chi connectivity index (χ3v) is 6.14. The number of sulfone groups is 1. The Labute approximate surface area is 105 Å². The maximum absolute atomic E-state index is 12.1. The quantitative estimate of drug-likeness (QED) is 0.696. The highest BCUT2D eigenvalue weighted by atomic mass is 32.2. The first kappa shape index (κ1) is 13.3. The summed E-state index contributed by atoms with van der Waals surface area (Å²) < 4.78 is 50.3. The number of hydrogen-bond donors (Lipinski definition) is 2. The Morgan fingerprint density at radius 1 is 1.56 bits per heavy atom. The molecule has 1 aliphatic rings. The van der Waals surface area contributed by atoms with E-state index in [1.54, 1.807) is 0 Å². The van der Waals surface area contributed by atoms with Gasteiger partial charge in [-0.05, 0) is 6.42 Å². The molecule has 0 amide bonds. The molecule has 2 rings (SSSR count). The van der Waals surface area contributed by atoms with Crippen LogP contribution >= 0.6 is 0 Å². The molecule has 0 bridgehead atoms. The molecule has 3 N–H and O–H groups in total. The van der Waals surface area contributed by atoms with Gasteiger partial charge in [0.15, 0.2) is 20.7 Å². The minimum atomic E-state index is -3.85. The lowest BCUT2D eigenvalue weighted by Crippen LogP contribution is -2.36. The Balaban J connectivity index is 2.24. The molecule has 1 fully saturated rings. The topological polar surface area (TPSA) is 124 Å². The van der Waals surface area contributed by atoms with E-state index in [2.05, 4.69) is 9.71 Å². The summed E-state index contributed by atoms with van der Waals surface area (Å²) in [5.74, 6) is -0.281. The first-order valence-electron chi connectivity index (χ1n) is 5.21. The van der Waals surface area contributed by atoms with Crippen LogP contribution in [0.25, 0.3) is 0 Å². The van der Waals surface area contributed by atoms with Crippen LogP contribution in [-0.4, -0.2) is 43.9 Å². The predicted molar refractivity (Wildman–Crippen MR) is 65.0 cm³/mol. The summed E-state index contributed by atoms with van der Waals surface area (Å²) in [4.78, 5) is 3.69. The van der Waals surface area contributed by atoms with Gasteiger partial charge in [-0.25, -0.2) is 26.5 Å². The molecule has 1 atom stereocenters. The van der Waals surface area contributed by atoms with E-state index < -0.39 is 25.9 Å². The van der Waals surface area contributed by atoms with E-state index in [9.17, 15) is 16.8 Å². The van der Waals surface area contributed by atoms with E-state index >= 15 is 0 Å². The molecule has 0 radical (unpaired) electrons. The Morgan fingerprint density at radius 3 is 2.67 bits per heavy atom. The van der Waals surface area contributed by atoms with Crippen molar-refractivity contribution >= 4 is 25.7 Å². The van der Waals surface area contributed by atoms with Crippen LogP contribution in [0.3, 0.4) is 0 Å². The molecule has 102 valence electrons. The van der Waals surface area contributed by atoms with Crippen LogP contribution in [0.1, 0.15) is 6.42 Å². The highest BCUT2D eigenvalue weighted by Crippen LogP contribution is 2.18. The van der Waals surface area contributed by atoms with Crippen molar-refractivity contribution in [3.8, 4) is 0 Å². The van der Waals surface area contributed by atoms with Crippen molar-refractivity contribution in [3.05, 3.63) is 6.33 Å². The molecule has 1 saturated heterocycles. The molecule has 18 heavy (non-hydrogen) atoms. The van der Waals surface area contributed by atoms with E-state index in [4.69, 9.17) is 5.73 Å². The van der Waals surface area contributed by atoms with Crippen LogP contribution < -0.4 is 10.5 Å². The summed E-state index contributed by atoms with van der Waals surface area (Å²) in [5, 5.41) is -0.146. The van der Waals surface area contributed by atoms with Gasteiger partial charge >= 0.3 is 0 Å². The SMILES string of the molecule is Cn1cnc(N)c1S(=O)(=O)NC1CCS(=O)(=O)C1. The zero-order valence-electron chi connectivity index (χ0n) is 9.70. The number of nitrogens with zero attached hydrogens (tertiary/aromatic N) is 2. The lowest BCUT2D eigenvalue weighted by atomic mass is 10.3. The number of aryl methyl sites for hydroxylation is 1. The second-order valence-corrected chi connectivity index (χ2v) is 8.13. The number of rotatable bonds is 3.